The van der Waals surface area contributed by atoms with Crippen molar-refractivity contribution in [1.82, 2.24) is 26.4 Å². The summed E-state index contributed by atoms with van der Waals surface area (Å²) >= 11 is 0. The van der Waals surface area contributed by atoms with E-state index in [-0.39, 0.29) is 48.9 Å². The molecule has 10 nitrogen and oxygen atoms in total. The number of amides is 4. The van der Waals surface area contributed by atoms with Crippen LogP contribution in [0.2, 0.25) is 0 Å². The van der Waals surface area contributed by atoms with E-state index in [1.807, 2.05) is 0 Å². The molecule has 1 heterocycles. The highest BCUT2D eigenvalue weighted by atomic mass is 31.0. The van der Waals surface area contributed by atoms with Crippen LogP contribution in [0.25, 0.3) is 10.9 Å². The maximum atomic E-state index is 14.3. The van der Waals surface area contributed by atoms with Gasteiger partial charge in [-0.05, 0) is 37.0 Å². The number of rotatable bonds is 13. The van der Waals surface area contributed by atoms with Crippen molar-refractivity contribution >= 4 is 43.8 Å². The third-order valence-electron chi connectivity index (χ3n) is 7.98. The molecule has 4 amide bonds. The SMILES string of the molecule is CCCC.CCCC.CCONC(=O)CNC(=O)[C@@]1(NC(=O)CNC(=O)Cc2ccccc2F)CCc2[nH]c3c(C(F)(F)P)cccc3c2C1. The van der Waals surface area contributed by atoms with Crippen molar-refractivity contribution in [3.63, 3.8) is 0 Å². The second-order valence-corrected chi connectivity index (χ2v) is 12.7. The van der Waals surface area contributed by atoms with Gasteiger partial charge in [0.2, 0.25) is 17.7 Å². The van der Waals surface area contributed by atoms with E-state index < -0.39 is 53.7 Å². The van der Waals surface area contributed by atoms with Crippen LogP contribution in [0.15, 0.2) is 42.5 Å². The zero-order valence-corrected chi connectivity index (χ0v) is 30.7. The first-order valence-electron chi connectivity index (χ1n) is 17.1. The van der Waals surface area contributed by atoms with Crippen LogP contribution in [0, 0.1) is 5.82 Å². The van der Waals surface area contributed by atoms with Crippen molar-refractivity contribution in [3.8, 4) is 0 Å². The van der Waals surface area contributed by atoms with E-state index in [1.165, 1.54) is 65.3 Å². The molecule has 2 atom stereocenters. The van der Waals surface area contributed by atoms with Crippen molar-refractivity contribution in [2.75, 3.05) is 19.7 Å². The number of aryl methyl sites for hydroxylation is 1. The van der Waals surface area contributed by atoms with Crippen LogP contribution in [0.1, 0.15) is 89.1 Å². The van der Waals surface area contributed by atoms with Gasteiger partial charge in [-0.2, -0.15) is 8.78 Å². The van der Waals surface area contributed by atoms with Crippen LogP contribution < -0.4 is 21.4 Å². The summed E-state index contributed by atoms with van der Waals surface area (Å²) in [5, 5.41) is 8.11. The fourth-order valence-electron chi connectivity index (χ4n) is 4.99. The Morgan fingerprint density at radius 2 is 1.52 bits per heavy atom. The highest BCUT2D eigenvalue weighted by molar-refractivity contribution is 7.17. The third-order valence-corrected chi connectivity index (χ3v) is 8.29. The molecule has 1 unspecified atom stereocenters. The van der Waals surface area contributed by atoms with Gasteiger partial charge in [0.05, 0.1) is 31.6 Å². The first-order chi connectivity index (χ1) is 23.8. The molecular formula is C36H51F3N5O5P. The summed E-state index contributed by atoms with van der Waals surface area (Å²) in [6.45, 7) is 9.65. The lowest BCUT2D eigenvalue weighted by Crippen LogP contribution is -2.63. The van der Waals surface area contributed by atoms with E-state index in [2.05, 4.69) is 54.1 Å². The summed E-state index contributed by atoms with van der Waals surface area (Å²) in [6, 6.07) is 10.2. The number of hydrogen-bond donors (Lipinski definition) is 5. The Bertz CT molecular complexity index is 1570. The Hall–Kier alpha value is -3.96. The number of alkyl halides is 2. The number of benzene rings is 2. The predicted molar refractivity (Wildman–Crippen MR) is 192 cm³/mol. The molecule has 5 N–H and O–H groups in total. The van der Waals surface area contributed by atoms with Crippen molar-refractivity contribution in [1.29, 1.82) is 0 Å². The molecular weight excluding hydrogens is 670 g/mol. The van der Waals surface area contributed by atoms with Crippen molar-refractivity contribution in [2.24, 2.45) is 0 Å². The quantitative estimate of drug-likeness (QED) is 0.113. The number of hydrogen-bond acceptors (Lipinski definition) is 5. The first kappa shape index (κ1) is 42.2. The normalized spacial score (nSPS) is 15.0. The average Bonchev–Trinajstić information content (AvgIpc) is 3.47. The second-order valence-electron chi connectivity index (χ2n) is 11.9. The number of unbranched alkanes of at least 4 members (excludes halogenated alkanes) is 2. The standard InChI is InChI=1S/C28H31F3N5O5P.2C4H10/c1-2-41-36-24(39)15-33-26(40)27(35-23(38)14-32-22(37)12-16-6-3-4-9-20(16)29)11-10-21-18(13-27)17-7-5-8-19(25(17)34-21)28(30,31)42;2*1-3-4-2/h3-9,34H,2,10-15,42H2,1H3,(H,32,37)(H,33,40)(H,35,38)(H,36,39);2*3-4H2,1-2H3/t27-;;/m1../s1. The van der Waals surface area contributed by atoms with Gasteiger partial charge in [-0.1, -0.05) is 99.0 Å². The number of nitrogens with one attached hydrogen (secondary N) is 5. The zero-order valence-electron chi connectivity index (χ0n) is 29.6. The molecule has 1 aliphatic carbocycles. The molecule has 50 heavy (non-hydrogen) atoms. The number of carbonyl (C=O) groups is 4. The van der Waals surface area contributed by atoms with Crippen LogP contribution in [0.3, 0.4) is 0 Å². The molecule has 0 radical (unpaired) electrons. The van der Waals surface area contributed by atoms with Crippen LogP contribution >= 0.6 is 9.24 Å². The lowest BCUT2D eigenvalue weighted by Gasteiger charge is -2.36. The molecule has 0 bridgehead atoms. The molecule has 4 rings (SSSR count). The van der Waals surface area contributed by atoms with Gasteiger partial charge in [0.1, 0.15) is 11.4 Å². The van der Waals surface area contributed by atoms with Gasteiger partial charge in [0, 0.05) is 23.1 Å². The Morgan fingerprint density at radius 1 is 0.880 bits per heavy atom. The molecule has 1 aliphatic rings. The Labute approximate surface area is 294 Å². The highest BCUT2D eigenvalue weighted by Gasteiger charge is 2.44. The lowest BCUT2D eigenvalue weighted by atomic mass is 9.78. The molecule has 276 valence electrons. The predicted octanol–water partition coefficient (Wildman–Crippen LogP) is 5.73. The molecule has 14 heteroatoms. The smallest absolute Gasteiger partial charge is 0.285 e. The largest absolute Gasteiger partial charge is 0.358 e. The zero-order chi connectivity index (χ0) is 37.3. The number of aromatic nitrogens is 1. The average molecular weight is 722 g/mol. The fraction of sp³-hybridized carbons (Fsp3) is 0.500. The highest BCUT2D eigenvalue weighted by Crippen LogP contribution is 2.42. The molecule has 0 fully saturated rings. The molecule has 1 aromatic heterocycles. The number of fused-ring (bicyclic) bond motifs is 3. The van der Waals surface area contributed by atoms with Gasteiger partial charge in [-0.25, -0.2) is 9.87 Å². The van der Waals surface area contributed by atoms with E-state index in [0.29, 0.717) is 16.6 Å². The van der Waals surface area contributed by atoms with Crippen molar-refractivity contribution < 1.29 is 37.2 Å². The number of H-pyrrole nitrogens is 1. The van der Waals surface area contributed by atoms with Gasteiger partial charge in [-0.3, -0.25) is 24.0 Å². The van der Waals surface area contributed by atoms with Crippen molar-refractivity contribution in [2.45, 2.75) is 97.2 Å². The number of halogens is 3. The van der Waals surface area contributed by atoms with Crippen LogP contribution in [0.4, 0.5) is 13.2 Å². The van der Waals surface area contributed by atoms with E-state index >= 15 is 0 Å². The fourth-order valence-corrected chi connectivity index (χ4v) is 5.23. The summed E-state index contributed by atoms with van der Waals surface area (Å²) in [4.78, 5) is 58.9. The van der Waals surface area contributed by atoms with E-state index in [4.69, 9.17) is 4.84 Å². The summed E-state index contributed by atoms with van der Waals surface area (Å²) in [6.07, 6.45) is 5.22. The van der Waals surface area contributed by atoms with E-state index in [0.717, 1.165) is 0 Å². The molecule has 0 spiro atoms. The number of aromatic amines is 1. The minimum Gasteiger partial charge on any atom is -0.358 e. The summed E-state index contributed by atoms with van der Waals surface area (Å²) in [5.41, 5.74) is -1.24. The number of para-hydroxylation sites is 1. The van der Waals surface area contributed by atoms with Gasteiger partial charge in [0.25, 0.3) is 11.6 Å². The molecule has 0 saturated carbocycles. The third kappa shape index (κ3) is 12.4. The maximum Gasteiger partial charge on any atom is 0.285 e. The van der Waals surface area contributed by atoms with E-state index in [1.54, 1.807) is 19.1 Å². The molecule has 3 aromatic rings. The summed E-state index contributed by atoms with van der Waals surface area (Å²) < 4.78 is 42.5. The van der Waals surface area contributed by atoms with Crippen LogP contribution in [0.5, 0.6) is 0 Å². The van der Waals surface area contributed by atoms with Gasteiger partial charge < -0.3 is 20.9 Å². The number of hydroxylamine groups is 1. The summed E-state index contributed by atoms with van der Waals surface area (Å²) in [7, 11) is 1.51. The Morgan fingerprint density at radius 3 is 2.12 bits per heavy atom. The van der Waals surface area contributed by atoms with Gasteiger partial charge >= 0.3 is 0 Å². The molecule has 2 aromatic carbocycles. The first-order valence-corrected chi connectivity index (χ1v) is 17.6. The Kier molecular flexibility index (Phi) is 17.4. The number of carbonyl (C=O) groups excluding carboxylic acids is 4. The minimum atomic E-state index is -3.20. The molecule has 0 aliphatic heterocycles. The Balaban J connectivity index is 0.000000978. The van der Waals surface area contributed by atoms with E-state index in [9.17, 15) is 32.3 Å². The minimum absolute atomic E-state index is 0.0674. The monoisotopic (exact) mass is 721 g/mol. The van der Waals surface area contributed by atoms with Crippen molar-refractivity contribution in [3.05, 3.63) is 70.7 Å². The summed E-state index contributed by atoms with van der Waals surface area (Å²) in [5.74, 6) is -3.16. The van der Waals surface area contributed by atoms with Gasteiger partial charge in [0.15, 0.2) is 0 Å². The topological polar surface area (TPSA) is 141 Å². The molecule has 0 saturated heterocycles. The van der Waals surface area contributed by atoms with Crippen LogP contribution in [-0.2, 0) is 48.9 Å². The lowest BCUT2D eigenvalue weighted by molar-refractivity contribution is -0.138. The second kappa shape index (κ2) is 20.7. The van der Waals surface area contributed by atoms with Gasteiger partial charge in [-0.15, -0.1) is 0 Å². The maximum absolute atomic E-state index is 14.3. The van der Waals surface area contributed by atoms with Crippen LogP contribution in [-0.4, -0.2) is 53.8 Å².